The fraction of sp³-hybridized carbons (Fsp3) is 0.120. The molecule has 1 heterocycles. The van der Waals surface area contributed by atoms with Crippen molar-refractivity contribution >= 4 is 46.0 Å². The molecule has 1 aliphatic rings. The van der Waals surface area contributed by atoms with Crippen LogP contribution in [0.4, 0.5) is 5.69 Å². The molecule has 9 heteroatoms. The van der Waals surface area contributed by atoms with Gasteiger partial charge < -0.3 is 9.47 Å². The highest BCUT2D eigenvalue weighted by Crippen LogP contribution is 2.33. The molecule has 34 heavy (non-hydrogen) atoms. The van der Waals surface area contributed by atoms with E-state index in [1.165, 1.54) is 23.9 Å². The van der Waals surface area contributed by atoms with Gasteiger partial charge in [-0.25, -0.2) is 0 Å². The standard InChI is InChI=1S/C25H20N2O5S2/c28-24-23(34-25(33)26(24)17-19-4-2-1-3-5-19)16-18-6-10-21(11-7-18)31-14-15-32-22-12-8-20(9-13-22)27(29)30/h1-13,16H,14-15,17H2. The highest BCUT2D eigenvalue weighted by atomic mass is 32.2. The lowest BCUT2D eigenvalue weighted by atomic mass is 10.2. The molecule has 0 spiro atoms. The summed E-state index contributed by atoms with van der Waals surface area (Å²) in [6, 6.07) is 23.0. The third-order valence-electron chi connectivity index (χ3n) is 4.90. The van der Waals surface area contributed by atoms with Gasteiger partial charge in [-0.15, -0.1) is 0 Å². The first-order valence-electron chi connectivity index (χ1n) is 10.4. The Morgan fingerprint density at radius 3 is 2.09 bits per heavy atom. The van der Waals surface area contributed by atoms with Crippen LogP contribution in [0, 0.1) is 10.1 Å². The molecule has 1 saturated heterocycles. The molecular formula is C25H20N2O5S2. The van der Waals surface area contributed by atoms with Crippen molar-refractivity contribution in [1.82, 2.24) is 4.90 Å². The van der Waals surface area contributed by atoms with Crippen LogP contribution in [0.25, 0.3) is 6.08 Å². The average Bonchev–Trinajstić information content (AvgIpc) is 3.11. The molecule has 1 aliphatic heterocycles. The fourth-order valence-electron chi connectivity index (χ4n) is 3.20. The Morgan fingerprint density at radius 2 is 1.50 bits per heavy atom. The SMILES string of the molecule is O=C1C(=Cc2ccc(OCCOc3ccc([N+](=O)[O-])cc3)cc2)SC(=S)N1Cc1ccccc1. The number of hydrogen-bond acceptors (Lipinski definition) is 7. The lowest BCUT2D eigenvalue weighted by Crippen LogP contribution is -2.27. The van der Waals surface area contributed by atoms with Crippen molar-refractivity contribution in [1.29, 1.82) is 0 Å². The Hall–Kier alpha value is -3.69. The zero-order chi connectivity index (χ0) is 23.9. The van der Waals surface area contributed by atoms with Gasteiger partial charge in [0.25, 0.3) is 11.6 Å². The normalized spacial score (nSPS) is 14.5. The van der Waals surface area contributed by atoms with Gasteiger partial charge in [0.05, 0.1) is 16.4 Å². The molecule has 3 aromatic carbocycles. The maximum Gasteiger partial charge on any atom is 0.269 e. The second-order valence-corrected chi connectivity index (χ2v) is 8.95. The second kappa shape index (κ2) is 11.0. The summed E-state index contributed by atoms with van der Waals surface area (Å²) in [5.74, 6) is 1.11. The minimum atomic E-state index is -0.456. The molecule has 0 aromatic heterocycles. The number of amides is 1. The molecule has 0 bridgehead atoms. The van der Waals surface area contributed by atoms with Crippen LogP contribution in [-0.2, 0) is 11.3 Å². The van der Waals surface area contributed by atoms with Crippen LogP contribution >= 0.6 is 24.0 Å². The van der Waals surface area contributed by atoms with Crippen LogP contribution in [-0.4, -0.2) is 33.3 Å². The Morgan fingerprint density at radius 1 is 0.912 bits per heavy atom. The molecule has 0 saturated carbocycles. The highest BCUT2D eigenvalue weighted by Gasteiger charge is 2.31. The van der Waals surface area contributed by atoms with E-state index in [-0.39, 0.29) is 11.6 Å². The first-order valence-corrected chi connectivity index (χ1v) is 11.6. The molecule has 3 aromatic rings. The minimum Gasteiger partial charge on any atom is -0.490 e. The predicted molar refractivity (Wildman–Crippen MR) is 136 cm³/mol. The lowest BCUT2D eigenvalue weighted by Gasteiger charge is -2.14. The van der Waals surface area contributed by atoms with Gasteiger partial charge in [-0.1, -0.05) is 66.4 Å². The number of ether oxygens (including phenoxy) is 2. The van der Waals surface area contributed by atoms with E-state index in [0.717, 1.165) is 11.1 Å². The summed E-state index contributed by atoms with van der Waals surface area (Å²) in [4.78, 5) is 25.2. The van der Waals surface area contributed by atoms with Crippen LogP contribution in [0.1, 0.15) is 11.1 Å². The molecule has 172 valence electrons. The first kappa shape index (κ1) is 23.5. The van der Waals surface area contributed by atoms with E-state index < -0.39 is 4.92 Å². The minimum absolute atomic E-state index is 0.0158. The first-order chi connectivity index (χ1) is 16.5. The predicted octanol–water partition coefficient (Wildman–Crippen LogP) is 5.45. The summed E-state index contributed by atoms with van der Waals surface area (Å²) in [5.41, 5.74) is 1.91. The number of rotatable bonds is 9. The molecule has 0 radical (unpaired) electrons. The van der Waals surface area contributed by atoms with Gasteiger partial charge in [-0.2, -0.15) is 0 Å². The number of carbonyl (C=O) groups is 1. The number of thiocarbonyl (C=S) groups is 1. The van der Waals surface area contributed by atoms with Crippen LogP contribution in [0.3, 0.4) is 0 Å². The summed E-state index contributed by atoms with van der Waals surface area (Å²) in [6.45, 7) is 1.06. The van der Waals surface area contributed by atoms with Crippen molar-refractivity contribution in [2.45, 2.75) is 6.54 Å². The molecule has 4 rings (SSSR count). The van der Waals surface area contributed by atoms with E-state index in [4.69, 9.17) is 21.7 Å². The largest absolute Gasteiger partial charge is 0.490 e. The number of nitrogens with zero attached hydrogens (tertiary/aromatic N) is 2. The molecule has 1 fully saturated rings. The Kier molecular flexibility index (Phi) is 7.56. The van der Waals surface area contributed by atoms with Crippen molar-refractivity contribution < 1.29 is 19.2 Å². The van der Waals surface area contributed by atoms with Crippen molar-refractivity contribution in [2.75, 3.05) is 13.2 Å². The smallest absolute Gasteiger partial charge is 0.269 e. The monoisotopic (exact) mass is 492 g/mol. The van der Waals surface area contributed by atoms with Crippen LogP contribution in [0.5, 0.6) is 11.5 Å². The molecule has 7 nitrogen and oxygen atoms in total. The maximum atomic E-state index is 12.8. The average molecular weight is 493 g/mol. The van der Waals surface area contributed by atoms with Crippen molar-refractivity contribution in [3.8, 4) is 11.5 Å². The molecule has 1 amide bonds. The number of hydrogen-bond donors (Lipinski definition) is 0. The molecule has 0 unspecified atom stereocenters. The van der Waals surface area contributed by atoms with E-state index in [2.05, 4.69) is 0 Å². The van der Waals surface area contributed by atoms with E-state index >= 15 is 0 Å². The molecule has 0 N–H and O–H groups in total. The topological polar surface area (TPSA) is 81.9 Å². The van der Waals surface area contributed by atoms with Gasteiger partial charge >= 0.3 is 0 Å². The zero-order valence-electron chi connectivity index (χ0n) is 18.0. The summed E-state index contributed by atoms with van der Waals surface area (Å²) in [7, 11) is 0. The Labute approximate surface area is 206 Å². The van der Waals surface area contributed by atoms with E-state index in [0.29, 0.717) is 40.5 Å². The number of non-ortho nitro benzene ring substituents is 1. The lowest BCUT2D eigenvalue weighted by molar-refractivity contribution is -0.384. The molecule has 0 atom stereocenters. The number of carbonyl (C=O) groups excluding carboxylic acids is 1. The van der Waals surface area contributed by atoms with E-state index in [1.54, 1.807) is 17.0 Å². The third kappa shape index (κ3) is 6.00. The number of nitro benzene ring substituents is 1. The van der Waals surface area contributed by atoms with Crippen LogP contribution in [0.15, 0.2) is 83.8 Å². The third-order valence-corrected chi connectivity index (χ3v) is 6.28. The van der Waals surface area contributed by atoms with Gasteiger partial charge in [0.2, 0.25) is 0 Å². The highest BCUT2D eigenvalue weighted by molar-refractivity contribution is 8.26. The van der Waals surface area contributed by atoms with Gasteiger partial charge in [-0.05, 0) is 41.5 Å². The zero-order valence-corrected chi connectivity index (χ0v) is 19.6. The number of thioether (sulfide) groups is 1. The number of nitro groups is 1. The Bertz CT molecular complexity index is 1210. The summed E-state index contributed by atoms with van der Waals surface area (Å²) >= 11 is 6.71. The maximum absolute atomic E-state index is 12.8. The van der Waals surface area contributed by atoms with Gasteiger partial charge in [-0.3, -0.25) is 19.8 Å². The summed E-state index contributed by atoms with van der Waals surface area (Å²) < 4.78 is 11.8. The number of benzene rings is 3. The summed E-state index contributed by atoms with van der Waals surface area (Å²) in [5, 5.41) is 10.7. The van der Waals surface area contributed by atoms with Crippen LogP contribution < -0.4 is 9.47 Å². The molecular weight excluding hydrogens is 472 g/mol. The van der Waals surface area contributed by atoms with E-state index in [1.807, 2.05) is 60.7 Å². The molecule has 0 aliphatic carbocycles. The summed E-state index contributed by atoms with van der Waals surface area (Å²) in [6.07, 6.45) is 1.83. The van der Waals surface area contributed by atoms with Crippen LogP contribution in [0.2, 0.25) is 0 Å². The fourth-order valence-corrected chi connectivity index (χ4v) is 4.45. The van der Waals surface area contributed by atoms with Crippen molar-refractivity contribution in [3.63, 3.8) is 0 Å². The van der Waals surface area contributed by atoms with Gasteiger partial charge in [0.1, 0.15) is 29.0 Å². The quantitative estimate of drug-likeness (QED) is 0.129. The van der Waals surface area contributed by atoms with Gasteiger partial charge in [0, 0.05) is 12.1 Å². The van der Waals surface area contributed by atoms with Crippen molar-refractivity contribution in [3.05, 3.63) is 105 Å². The second-order valence-electron chi connectivity index (χ2n) is 7.27. The van der Waals surface area contributed by atoms with Crippen molar-refractivity contribution in [2.24, 2.45) is 0 Å². The Balaban J connectivity index is 1.28. The van der Waals surface area contributed by atoms with Gasteiger partial charge in [0.15, 0.2) is 0 Å². The van der Waals surface area contributed by atoms with E-state index in [9.17, 15) is 14.9 Å².